The molecule has 0 aromatic heterocycles. The Hall–Kier alpha value is -0.750. The quantitative estimate of drug-likeness (QED) is 0.661. The maximum absolute atomic E-state index is 12.3. The summed E-state index contributed by atoms with van der Waals surface area (Å²) < 4.78 is 0. The van der Waals surface area contributed by atoms with Crippen molar-refractivity contribution in [1.29, 1.82) is 0 Å². The zero-order valence-electron chi connectivity index (χ0n) is 12.3. The lowest BCUT2D eigenvalue weighted by atomic mass is 9.95. The number of carboxylic acid groups (broad SMARTS) is 1. The van der Waals surface area contributed by atoms with Gasteiger partial charge >= 0.3 is 5.97 Å². The van der Waals surface area contributed by atoms with Gasteiger partial charge in [0.2, 0.25) is 5.91 Å². The molecule has 1 aliphatic carbocycles. The Morgan fingerprint density at radius 3 is 2.40 bits per heavy atom. The third kappa shape index (κ3) is 4.12. The minimum absolute atomic E-state index is 0.00672. The summed E-state index contributed by atoms with van der Waals surface area (Å²) in [5.74, 6) is -1.77. The number of hydrogen-bond acceptors (Lipinski definition) is 4. The molecule has 1 aliphatic rings. The van der Waals surface area contributed by atoms with E-state index in [0.29, 0.717) is 18.8 Å². The second-order valence-corrected chi connectivity index (χ2v) is 6.63. The molecule has 1 rings (SSSR count). The largest absolute Gasteiger partial charge is 0.481 e. The second kappa shape index (κ2) is 7.88. The zero-order valence-corrected chi connectivity index (χ0v) is 13.2. The monoisotopic (exact) mass is 303 g/mol. The Balaban J connectivity index is 2.67. The molecule has 5 unspecified atom stereocenters. The molecule has 1 fully saturated rings. The number of thioether (sulfide) groups is 1. The molecule has 20 heavy (non-hydrogen) atoms. The molecule has 0 heterocycles. The highest BCUT2D eigenvalue weighted by molar-refractivity contribution is 7.99. The van der Waals surface area contributed by atoms with E-state index in [0.717, 1.165) is 6.42 Å². The number of aliphatic hydroxyl groups excluding tert-OH is 1. The Morgan fingerprint density at radius 2 is 1.95 bits per heavy atom. The minimum Gasteiger partial charge on any atom is -0.481 e. The summed E-state index contributed by atoms with van der Waals surface area (Å²) in [4.78, 5) is 23.6. The van der Waals surface area contributed by atoms with Gasteiger partial charge in [-0.3, -0.25) is 9.59 Å². The van der Waals surface area contributed by atoms with Crippen LogP contribution in [0.3, 0.4) is 0 Å². The fourth-order valence-electron chi connectivity index (χ4n) is 2.90. The Kier molecular flexibility index (Phi) is 6.82. The van der Waals surface area contributed by atoms with Crippen LogP contribution in [0.1, 0.15) is 33.1 Å². The summed E-state index contributed by atoms with van der Waals surface area (Å²) in [6.07, 6.45) is 4.03. The number of aliphatic carboxylic acids is 1. The van der Waals surface area contributed by atoms with Crippen LogP contribution in [0.4, 0.5) is 0 Å². The molecule has 0 aromatic carbocycles. The molecule has 5 nitrogen and oxygen atoms in total. The molecule has 116 valence electrons. The normalized spacial score (nSPS) is 28.9. The summed E-state index contributed by atoms with van der Waals surface area (Å²) in [5.41, 5.74) is 0. The number of hydrogen-bond donors (Lipinski definition) is 3. The van der Waals surface area contributed by atoms with E-state index in [1.165, 1.54) is 11.8 Å². The van der Waals surface area contributed by atoms with Crippen molar-refractivity contribution in [2.24, 2.45) is 17.8 Å². The lowest BCUT2D eigenvalue weighted by Gasteiger charge is -2.24. The van der Waals surface area contributed by atoms with Gasteiger partial charge in [-0.25, -0.2) is 0 Å². The first kappa shape index (κ1) is 17.3. The standard InChI is InChI=1S/C14H25NO4S/c1-4-9-5-10(11(6-9)14(18)19)13(17)15-8(2)12(7-16)20-3/h8-12,16H,4-7H2,1-3H3,(H,15,17)(H,18,19). The Morgan fingerprint density at radius 1 is 1.35 bits per heavy atom. The van der Waals surface area contributed by atoms with Crippen LogP contribution in [0.2, 0.25) is 0 Å². The average molecular weight is 303 g/mol. The van der Waals surface area contributed by atoms with Gasteiger partial charge in [0, 0.05) is 11.3 Å². The molecule has 0 aromatic rings. The number of carbonyl (C=O) groups is 2. The first-order valence-electron chi connectivity index (χ1n) is 7.11. The minimum atomic E-state index is -0.877. The Bertz CT molecular complexity index is 346. The van der Waals surface area contributed by atoms with Crippen LogP contribution in [0, 0.1) is 17.8 Å². The van der Waals surface area contributed by atoms with Crippen molar-refractivity contribution in [1.82, 2.24) is 5.32 Å². The highest BCUT2D eigenvalue weighted by Gasteiger charge is 2.42. The van der Waals surface area contributed by atoms with E-state index in [2.05, 4.69) is 5.32 Å². The number of carbonyl (C=O) groups excluding carboxylic acids is 1. The Labute approximate surface area is 124 Å². The van der Waals surface area contributed by atoms with Gasteiger partial charge in [0.25, 0.3) is 0 Å². The van der Waals surface area contributed by atoms with Gasteiger partial charge in [-0.2, -0.15) is 11.8 Å². The van der Waals surface area contributed by atoms with Gasteiger partial charge in [-0.1, -0.05) is 13.3 Å². The number of aliphatic hydroxyl groups is 1. The molecule has 0 spiro atoms. The highest BCUT2D eigenvalue weighted by Crippen LogP contribution is 2.38. The van der Waals surface area contributed by atoms with E-state index in [-0.39, 0.29) is 23.8 Å². The molecule has 0 aliphatic heterocycles. The summed E-state index contributed by atoms with van der Waals surface area (Å²) in [6.45, 7) is 3.87. The molecular formula is C14H25NO4S. The summed E-state index contributed by atoms with van der Waals surface area (Å²) in [7, 11) is 0. The van der Waals surface area contributed by atoms with Crippen LogP contribution in [-0.2, 0) is 9.59 Å². The van der Waals surface area contributed by atoms with Crippen LogP contribution in [0.25, 0.3) is 0 Å². The van der Waals surface area contributed by atoms with E-state index >= 15 is 0 Å². The molecule has 0 saturated heterocycles. The highest BCUT2D eigenvalue weighted by atomic mass is 32.2. The van der Waals surface area contributed by atoms with Crippen LogP contribution >= 0.6 is 11.8 Å². The number of rotatable bonds is 7. The van der Waals surface area contributed by atoms with Crippen molar-refractivity contribution in [3.8, 4) is 0 Å². The van der Waals surface area contributed by atoms with E-state index < -0.39 is 17.8 Å². The molecule has 1 amide bonds. The van der Waals surface area contributed by atoms with Crippen molar-refractivity contribution in [3.05, 3.63) is 0 Å². The summed E-state index contributed by atoms with van der Waals surface area (Å²) in [6, 6.07) is -0.169. The zero-order chi connectivity index (χ0) is 15.3. The first-order chi connectivity index (χ1) is 9.44. The summed E-state index contributed by atoms with van der Waals surface area (Å²) >= 11 is 1.49. The third-order valence-electron chi connectivity index (χ3n) is 4.30. The van der Waals surface area contributed by atoms with Crippen LogP contribution in [-0.4, -0.2) is 46.2 Å². The summed E-state index contributed by atoms with van der Waals surface area (Å²) in [5, 5.41) is 21.3. The number of amides is 1. The van der Waals surface area contributed by atoms with Crippen molar-refractivity contribution in [3.63, 3.8) is 0 Å². The van der Waals surface area contributed by atoms with Gasteiger partial charge in [0.15, 0.2) is 0 Å². The lowest BCUT2D eigenvalue weighted by molar-refractivity contribution is -0.146. The third-order valence-corrected chi connectivity index (χ3v) is 5.46. The fraction of sp³-hybridized carbons (Fsp3) is 0.857. The van der Waals surface area contributed by atoms with Crippen LogP contribution < -0.4 is 5.32 Å². The van der Waals surface area contributed by atoms with Gasteiger partial charge in [-0.15, -0.1) is 0 Å². The molecule has 0 radical (unpaired) electrons. The average Bonchev–Trinajstić information content (AvgIpc) is 2.84. The molecular weight excluding hydrogens is 278 g/mol. The van der Waals surface area contributed by atoms with Gasteiger partial charge in [0.05, 0.1) is 18.4 Å². The lowest BCUT2D eigenvalue weighted by Crippen LogP contribution is -2.45. The topological polar surface area (TPSA) is 86.6 Å². The fourth-order valence-corrected chi connectivity index (χ4v) is 3.53. The van der Waals surface area contributed by atoms with E-state index in [4.69, 9.17) is 0 Å². The van der Waals surface area contributed by atoms with Crippen LogP contribution in [0.15, 0.2) is 0 Å². The van der Waals surface area contributed by atoms with Crippen molar-refractivity contribution in [2.75, 3.05) is 12.9 Å². The second-order valence-electron chi connectivity index (χ2n) is 5.55. The van der Waals surface area contributed by atoms with E-state index in [1.54, 1.807) is 0 Å². The molecule has 0 bridgehead atoms. The number of carboxylic acids is 1. The van der Waals surface area contributed by atoms with Gasteiger partial charge in [-0.05, 0) is 31.9 Å². The smallest absolute Gasteiger partial charge is 0.307 e. The van der Waals surface area contributed by atoms with Gasteiger partial charge < -0.3 is 15.5 Å². The SMILES string of the molecule is CCC1CC(C(=O)O)C(C(=O)NC(C)C(CO)SC)C1. The number of nitrogens with one attached hydrogen (secondary N) is 1. The maximum Gasteiger partial charge on any atom is 0.307 e. The predicted octanol–water partition coefficient (Wildman–Crippen LogP) is 1.35. The maximum atomic E-state index is 12.3. The van der Waals surface area contributed by atoms with Crippen LogP contribution in [0.5, 0.6) is 0 Å². The van der Waals surface area contributed by atoms with Crippen molar-refractivity contribution >= 4 is 23.6 Å². The van der Waals surface area contributed by atoms with E-state index in [9.17, 15) is 19.8 Å². The molecule has 6 heteroatoms. The first-order valence-corrected chi connectivity index (χ1v) is 8.40. The molecule has 3 N–H and O–H groups in total. The molecule has 1 saturated carbocycles. The molecule has 5 atom stereocenters. The van der Waals surface area contributed by atoms with Crippen molar-refractivity contribution in [2.45, 2.75) is 44.4 Å². The predicted molar refractivity (Wildman–Crippen MR) is 79.6 cm³/mol. The van der Waals surface area contributed by atoms with E-state index in [1.807, 2.05) is 20.1 Å². The van der Waals surface area contributed by atoms with Gasteiger partial charge in [0.1, 0.15) is 0 Å². The van der Waals surface area contributed by atoms with Crippen molar-refractivity contribution < 1.29 is 19.8 Å².